The smallest absolute Gasteiger partial charge is 0.156 e. The number of nitrogens with zero attached hydrogens (tertiary/aromatic N) is 1. The quantitative estimate of drug-likeness (QED) is 0.252. The van der Waals surface area contributed by atoms with Crippen molar-refractivity contribution in [3.63, 3.8) is 0 Å². The Kier molecular flexibility index (Phi) is 3.34. The second-order valence-electron chi connectivity index (χ2n) is 3.28. The van der Waals surface area contributed by atoms with Crippen molar-refractivity contribution >= 4 is 5.84 Å². The first-order valence-corrected chi connectivity index (χ1v) is 4.51. The van der Waals surface area contributed by atoms with E-state index in [1.165, 1.54) is 19.3 Å². The Morgan fingerprint density at radius 1 is 1.75 bits per heavy atom. The van der Waals surface area contributed by atoms with E-state index in [9.17, 15) is 0 Å². The van der Waals surface area contributed by atoms with E-state index in [1.807, 2.05) is 6.92 Å². The van der Waals surface area contributed by atoms with Gasteiger partial charge in [0.1, 0.15) is 0 Å². The summed E-state index contributed by atoms with van der Waals surface area (Å²) in [5, 5.41) is 14.8. The fraction of sp³-hybridized carbons (Fsp3) is 0.875. The molecular formula is C8H17N3O. The summed E-state index contributed by atoms with van der Waals surface area (Å²) in [5.41, 5.74) is 5.49. The molecule has 70 valence electrons. The van der Waals surface area contributed by atoms with Gasteiger partial charge in [-0.3, -0.25) is 0 Å². The Labute approximate surface area is 72.8 Å². The summed E-state index contributed by atoms with van der Waals surface area (Å²) in [4.78, 5) is 0. The SMILES string of the molecule is CCC(NC1CCC1)C(N)=NO. The van der Waals surface area contributed by atoms with Crippen molar-refractivity contribution in [3.8, 4) is 0 Å². The highest BCUT2D eigenvalue weighted by molar-refractivity contribution is 5.85. The van der Waals surface area contributed by atoms with Gasteiger partial charge in [-0.1, -0.05) is 18.5 Å². The Hall–Kier alpha value is -0.770. The van der Waals surface area contributed by atoms with Gasteiger partial charge in [-0.05, 0) is 19.3 Å². The van der Waals surface area contributed by atoms with Gasteiger partial charge in [0.2, 0.25) is 0 Å². The van der Waals surface area contributed by atoms with E-state index in [0.717, 1.165) is 6.42 Å². The maximum atomic E-state index is 8.46. The summed E-state index contributed by atoms with van der Waals surface area (Å²) in [6, 6.07) is 0.621. The molecule has 0 heterocycles. The van der Waals surface area contributed by atoms with Crippen LogP contribution in [-0.4, -0.2) is 23.1 Å². The molecule has 1 atom stereocenters. The number of nitrogens with two attached hydrogens (primary N) is 1. The Morgan fingerprint density at radius 2 is 2.42 bits per heavy atom. The number of hydrogen-bond donors (Lipinski definition) is 3. The summed E-state index contributed by atoms with van der Waals surface area (Å²) < 4.78 is 0. The molecule has 12 heavy (non-hydrogen) atoms. The molecule has 0 bridgehead atoms. The van der Waals surface area contributed by atoms with Crippen molar-refractivity contribution in [2.75, 3.05) is 0 Å². The average molecular weight is 171 g/mol. The van der Waals surface area contributed by atoms with Crippen LogP contribution in [0, 0.1) is 0 Å². The highest BCUT2D eigenvalue weighted by Gasteiger charge is 2.21. The van der Waals surface area contributed by atoms with Gasteiger partial charge in [0.25, 0.3) is 0 Å². The Morgan fingerprint density at radius 3 is 2.75 bits per heavy atom. The largest absolute Gasteiger partial charge is 0.409 e. The number of hydrogen-bond acceptors (Lipinski definition) is 3. The van der Waals surface area contributed by atoms with Crippen LogP contribution >= 0.6 is 0 Å². The van der Waals surface area contributed by atoms with Crippen molar-refractivity contribution in [2.24, 2.45) is 10.9 Å². The first-order valence-electron chi connectivity index (χ1n) is 4.51. The van der Waals surface area contributed by atoms with Crippen LogP contribution < -0.4 is 11.1 Å². The number of rotatable bonds is 4. The first-order chi connectivity index (χ1) is 5.77. The minimum absolute atomic E-state index is 0.0419. The van der Waals surface area contributed by atoms with E-state index in [-0.39, 0.29) is 6.04 Å². The Balaban J connectivity index is 2.33. The molecular weight excluding hydrogens is 154 g/mol. The molecule has 4 heteroatoms. The Bertz CT molecular complexity index is 166. The van der Waals surface area contributed by atoms with E-state index in [2.05, 4.69) is 10.5 Å². The molecule has 0 aromatic carbocycles. The molecule has 0 amide bonds. The van der Waals surface area contributed by atoms with Crippen LogP contribution in [0.3, 0.4) is 0 Å². The zero-order valence-electron chi connectivity index (χ0n) is 7.45. The molecule has 1 unspecified atom stereocenters. The zero-order chi connectivity index (χ0) is 8.97. The molecule has 1 aliphatic rings. The van der Waals surface area contributed by atoms with Crippen molar-refractivity contribution in [2.45, 2.75) is 44.7 Å². The van der Waals surface area contributed by atoms with E-state index in [4.69, 9.17) is 10.9 Å². The summed E-state index contributed by atoms with van der Waals surface area (Å²) in [6.07, 6.45) is 4.60. The van der Waals surface area contributed by atoms with E-state index in [1.54, 1.807) is 0 Å². The topological polar surface area (TPSA) is 70.6 Å². The van der Waals surface area contributed by atoms with Crippen molar-refractivity contribution in [3.05, 3.63) is 0 Å². The standard InChI is InChI=1S/C8H17N3O/c1-2-7(8(9)11-12)10-6-4-3-5-6/h6-7,10,12H,2-5H2,1H3,(H2,9,11). The fourth-order valence-corrected chi connectivity index (χ4v) is 1.34. The zero-order valence-corrected chi connectivity index (χ0v) is 7.45. The summed E-state index contributed by atoms with van der Waals surface area (Å²) >= 11 is 0. The highest BCUT2D eigenvalue weighted by Crippen LogP contribution is 2.18. The lowest BCUT2D eigenvalue weighted by molar-refractivity contribution is 0.300. The predicted molar refractivity (Wildman–Crippen MR) is 48.3 cm³/mol. The van der Waals surface area contributed by atoms with Crippen LogP contribution in [0.5, 0.6) is 0 Å². The summed E-state index contributed by atoms with van der Waals surface area (Å²) in [5.74, 6) is 0.296. The van der Waals surface area contributed by atoms with Gasteiger partial charge in [0, 0.05) is 6.04 Å². The molecule has 1 fully saturated rings. The van der Waals surface area contributed by atoms with Crippen LogP contribution in [0.25, 0.3) is 0 Å². The molecule has 4 nitrogen and oxygen atoms in total. The number of amidine groups is 1. The molecule has 0 aromatic heterocycles. The molecule has 0 saturated heterocycles. The van der Waals surface area contributed by atoms with Gasteiger partial charge < -0.3 is 16.3 Å². The second-order valence-corrected chi connectivity index (χ2v) is 3.28. The fourth-order valence-electron chi connectivity index (χ4n) is 1.34. The number of nitrogens with one attached hydrogen (secondary N) is 1. The minimum Gasteiger partial charge on any atom is -0.409 e. The van der Waals surface area contributed by atoms with Gasteiger partial charge in [-0.2, -0.15) is 0 Å². The van der Waals surface area contributed by atoms with Gasteiger partial charge in [-0.25, -0.2) is 0 Å². The molecule has 1 aliphatic carbocycles. The van der Waals surface area contributed by atoms with Crippen molar-refractivity contribution < 1.29 is 5.21 Å². The van der Waals surface area contributed by atoms with Gasteiger partial charge in [-0.15, -0.1) is 0 Å². The molecule has 4 N–H and O–H groups in total. The maximum absolute atomic E-state index is 8.46. The predicted octanol–water partition coefficient (Wildman–Crippen LogP) is 0.653. The third-order valence-corrected chi connectivity index (χ3v) is 2.42. The van der Waals surface area contributed by atoms with E-state index >= 15 is 0 Å². The van der Waals surface area contributed by atoms with Crippen LogP contribution in [0.15, 0.2) is 5.16 Å². The van der Waals surface area contributed by atoms with Gasteiger partial charge >= 0.3 is 0 Å². The van der Waals surface area contributed by atoms with Crippen LogP contribution in [0.2, 0.25) is 0 Å². The molecule has 0 radical (unpaired) electrons. The van der Waals surface area contributed by atoms with Crippen LogP contribution in [0.4, 0.5) is 0 Å². The monoisotopic (exact) mass is 171 g/mol. The summed E-state index contributed by atoms with van der Waals surface area (Å²) in [7, 11) is 0. The lowest BCUT2D eigenvalue weighted by Crippen LogP contribution is -2.48. The lowest BCUT2D eigenvalue weighted by atomic mass is 9.92. The normalized spacial score (nSPS) is 21.9. The molecule has 1 saturated carbocycles. The highest BCUT2D eigenvalue weighted by atomic mass is 16.4. The van der Waals surface area contributed by atoms with Crippen molar-refractivity contribution in [1.82, 2.24) is 5.32 Å². The molecule has 1 rings (SSSR count). The van der Waals surface area contributed by atoms with E-state index < -0.39 is 0 Å². The van der Waals surface area contributed by atoms with Gasteiger partial charge in [0.15, 0.2) is 5.84 Å². The molecule has 0 spiro atoms. The number of oxime groups is 1. The molecule has 0 aliphatic heterocycles. The molecule has 0 aromatic rings. The third kappa shape index (κ3) is 2.11. The van der Waals surface area contributed by atoms with Crippen LogP contribution in [-0.2, 0) is 0 Å². The van der Waals surface area contributed by atoms with Crippen LogP contribution in [0.1, 0.15) is 32.6 Å². The van der Waals surface area contributed by atoms with Crippen molar-refractivity contribution in [1.29, 1.82) is 0 Å². The first kappa shape index (κ1) is 9.32. The average Bonchev–Trinajstić information content (AvgIpc) is 2.02. The van der Waals surface area contributed by atoms with Gasteiger partial charge in [0.05, 0.1) is 6.04 Å². The third-order valence-electron chi connectivity index (χ3n) is 2.42. The lowest BCUT2D eigenvalue weighted by Gasteiger charge is -2.30. The summed E-state index contributed by atoms with van der Waals surface area (Å²) in [6.45, 7) is 2.02. The van der Waals surface area contributed by atoms with E-state index in [0.29, 0.717) is 11.9 Å². The minimum atomic E-state index is 0.0419. The second kappa shape index (κ2) is 4.30. The maximum Gasteiger partial charge on any atom is 0.156 e.